The predicted octanol–water partition coefficient (Wildman–Crippen LogP) is -0.404. The van der Waals surface area contributed by atoms with Crippen molar-refractivity contribution in [1.82, 2.24) is 15.5 Å². The molecule has 0 aromatic carbocycles. The molecule has 2 fully saturated rings. The molecule has 2 amide bonds. The maximum absolute atomic E-state index is 12.4. The van der Waals surface area contributed by atoms with Crippen LogP contribution in [0.2, 0.25) is 0 Å². The van der Waals surface area contributed by atoms with Gasteiger partial charge in [-0.15, -0.1) is 0 Å². The number of rotatable bonds is 4. The zero-order chi connectivity index (χ0) is 14.5. The molecule has 0 unspecified atom stereocenters. The van der Waals surface area contributed by atoms with Crippen molar-refractivity contribution in [2.75, 3.05) is 39.9 Å². The van der Waals surface area contributed by atoms with Crippen LogP contribution in [0.5, 0.6) is 0 Å². The number of carbonyl (C=O) groups excluding carboxylic acids is 2. The molecule has 0 aromatic heterocycles. The Labute approximate surface area is 120 Å². The molecule has 2 aliphatic rings. The molecule has 0 aliphatic carbocycles. The summed E-state index contributed by atoms with van der Waals surface area (Å²) in [6.07, 6.45) is 1.66. The molecule has 2 atom stereocenters. The fourth-order valence-electron chi connectivity index (χ4n) is 3.02. The van der Waals surface area contributed by atoms with E-state index in [0.29, 0.717) is 5.92 Å². The molecule has 6 nitrogen and oxygen atoms in total. The van der Waals surface area contributed by atoms with Crippen molar-refractivity contribution in [3.63, 3.8) is 0 Å². The van der Waals surface area contributed by atoms with Crippen LogP contribution in [0.25, 0.3) is 0 Å². The van der Waals surface area contributed by atoms with Crippen LogP contribution < -0.4 is 10.6 Å². The van der Waals surface area contributed by atoms with E-state index in [2.05, 4.69) is 17.6 Å². The Morgan fingerprint density at radius 2 is 2.00 bits per heavy atom. The lowest BCUT2D eigenvalue weighted by molar-refractivity contribution is -0.137. The van der Waals surface area contributed by atoms with Crippen LogP contribution in [-0.2, 0) is 14.3 Å². The number of amides is 2. The SMILES string of the molecule is COCC(=O)NC1CCN(C(=O)[C@@H]2CNC[C@H]2C)CC1. The normalized spacial score (nSPS) is 27.6. The van der Waals surface area contributed by atoms with Gasteiger partial charge in [0.1, 0.15) is 6.61 Å². The third-order valence-corrected chi connectivity index (χ3v) is 4.28. The first-order valence-electron chi connectivity index (χ1n) is 7.39. The second-order valence-corrected chi connectivity index (χ2v) is 5.84. The summed E-state index contributed by atoms with van der Waals surface area (Å²) >= 11 is 0. The summed E-state index contributed by atoms with van der Waals surface area (Å²) in [7, 11) is 1.51. The highest BCUT2D eigenvalue weighted by atomic mass is 16.5. The van der Waals surface area contributed by atoms with Gasteiger partial charge in [0.2, 0.25) is 11.8 Å². The fourth-order valence-corrected chi connectivity index (χ4v) is 3.02. The van der Waals surface area contributed by atoms with E-state index in [1.807, 2.05) is 4.90 Å². The first-order valence-corrected chi connectivity index (χ1v) is 7.39. The highest BCUT2D eigenvalue weighted by Crippen LogP contribution is 2.21. The van der Waals surface area contributed by atoms with Crippen LogP contribution >= 0.6 is 0 Å². The smallest absolute Gasteiger partial charge is 0.246 e. The number of nitrogens with one attached hydrogen (secondary N) is 2. The number of likely N-dealkylation sites (tertiary alicyclic amines) is 1. The average molecular weight is 283 g/mol. The molecular formula is C14H25N3O3. The number of ether oxygens (including phenoxy) is 1. The molecule has 114 valence electrons. The number of hydrogen-bond acceptors (Lipinski definition) is 4. The molecule has 2 heterocycles. The molecule has 6 heteroatoms. The molecule has 0 radical (unpaired) electrons. The van der Waals surface area contributed by atoms with Crippen LogP contribution in [-0.4, -0.2) is 62.7 Å². The topological polar surface area (TPSA) is 70.7 Å². The van der Waals surface area contributed by atoms with E-state index in [4.69, 9.17) is 4.74 Å². The zero-order valence-corrected chi connectivity index (χ0v) is 12.4. The van der Waals surface area contributed by atoms with Crippen LogP contribution in [0.1, 0.15) is 19.8 Å². The molecule has 2 rings (SSSR count). The molecule has 0 spiro atoms. The van der Waals surface area contributed by atoms with Gasteiger partial charge in [-0.2, -0.15) is 0 Å². The standard InChI is InChI=1S/C14H25N3O3/c1-10-7-15-8-12(10)14(19)17-5-3-11(4-6-17)16-13(18)9-20-2/h10-12,15H,3-9H2,1-2H3,(H,16,18)/t10-,12-/m1/s1. The molecule has 2 N–H and O–H groups in total. The Morgan fingerprint density at radius 1 is 1.30 bits per heavy atom. The van der Waals surface area contributed by atoms with Gasteiger partial charge in [-0.3, -0.25) is 9.59 Å². The van der Waals surface area contributed by atoms with Gasteiger partial charge in [0.05, 0.1) is 5.92 Å². The van der Waals surface area contributed by atoms with Gasteiger partial charge in [0.25, 0.3) is 0 Å². The first kappa shape index (κ1) is 15.3. The van der Waals surface area contributed by atoms with Crippen molar-refractivity contribution in [3.8, 4) is 0 Å². The molecule has 0 aromatic rings. The second-order valence-electron chi connectivity index (χ2n) is 5.84. The fraction of sp³-hybridized carbons (Fsp3) is 0.857. The number of nitrogens with zero attached hydrogens (tertiary/aromatic N) is 1. The molecule has 0 bridgehead atoms. The van der Waals surface area contributed by atoms with E-state index < -0.39 is 0 Å². The van der Waals surface area contributed by atoms with E-state index in [0.717, 1.165) is 39.0 Å². The van der Waals surface area contributed by atoms with E-state index in [-0.39, 0.29) is 30.4 Å². The van der Waals surface area contributed by atoms with E-state index in [9.17, 15) is 9.59 Å². The number of piperidine rings is 1. The van der Waals surface area contributed by atoms with Crippen molar-refractivity contribution >= 4 is 11.8 Å². The summed E-state index contributed by atoms with van der Waals surface area (Å²) in [5.41, 5.74) is 0. The van der Waals surface area contributed by atoms with Crippen LogP contribution in [0, 0.1) is 11.8 Å². The van der Waals surface area contributed by atoms with Gasteiger partial charge in [0, 0.05) is 32.8 Å². The van der Waals surface area contributed by atoms with Crippen LogP contribution in [0.3, 0.4) is 0 Å². The predicted molar refractivity (Wildman–Crippen MR) is 75.1 cm³/mol. The molecule has 2 saturated heterocycles. The average Bonchev–Trinajstić information content (AvgIpc) is 2.85. The lowest BCUT2D eigenvalue weighted by Gasteiger charge is -2.34. The lowest BCUT2D eigenvalue weighted by Crippen LogP contribution is -2.49. The number of methoxy groups -OCH3 is 1. The van der Waals surface area contributed by atoms with Gasteiger partial charge >= 0.3 is 0 Å². The quantitative estimate of drug-likeness (QED) is 0.736. The first-order chi connectivity index (χ1) is 9.61. The Kier molecular flexibility index (Phi) is 5.37. The summed E-state index contributed by atoms with van der Waals surface area (Å²) in [6, 6.07) is 0.167. The van der Waals surface area contributed by atoms with Gasteiger partial charge in [0.15, 0.2) is 0 Å². The number of carbonyl (C=O) groups is 2. The zero-order valence-electron chi connectivity index (χ0n) is 12.4. The highest BCUT2D eigenvalue weighted by Gasteiger charge is 2.34. The molecule has 2 aliphatic heterocycles. The summed E-state index contributed by atoms with van der Waals surface area (Å²) < 4.78 is 4.80. The summed E-state index contributed by atoms with van der Waals surface area (Å²) in [5.74, 6) is 0.728. The van der Waals surface area contributed by atoms with Gasteiger partial charge in [-0.05, 0) is 25.3 Å². The van der Waals surface area contributed by atoms with Gasteiger partial charge in [-0.25, -0.2) is 0 Å². The number of hydrogen-bond donors (Lipinski definition) is 2. The van der Waals surface area contributed by atoms with Crippen molar-refractivity contribution in [2.24, 2.45) is 11.8 Å². The second kappa shape index (κ2) is 7.04. The Bertz CT molecular complexity index is 354. The van der Waals surface area contributed by atoms with Crippen LogP contribution in [0.4, 0.5) is 0 Å². The minimum Gasteiger partial charge on any atom is -0.375 e. The third kappa shape index (κ3) is 3.70. The Hall–Kier alpha value is -1.14. The largest absolute Gasteiger partial charge is 0.375 e. The van der Waals surface area contributed by atoms with Gasteiger partial charge < -0.3 is 20.3 Å². The van der Waals surface area contributed by atoms with E-state index >= 15 is 0 Å². The van der Waals surface area contributed by atoms with E-state index in [1.54, 1.807) is 0 Å². The Balaban J connectivity index is 1.76. The van der Waals surface area contributed by atoms with Crippen LogP contribution in [0.15, 0.2) is 0 Å². The van der Waals surface area contributed by atoms with Crippen molar-refractivity contribution in [2.45, 2.75) is 25.8 Å². The lowest BCUT2D eigenvalue weighted by atomic mass is 9.95. The van der Waals surface area contributed by atoms with Crippen molar-refractivity contribution < 1.29 is 14.3 Å². The summed E-state index contributed by atoms with van der Waals surface area (Å²) in [5, 5.41) is 6.22. The maximum Gasteiger partial charge on any atom is 0.246 e. The van der Waals surface area contributed by atoms with E-state index in [1.165, 1.54) is 7.11 Å². The third-order valence-electron chi connectivity index (χ3n) is 4.28. The molecule has 0 saturated carbocycles. The highest BCUT2D eigenvalue weighted by molar-refractivity contribution is 5.80. The minimum absolute atomic E-state index is 0.0779. The molecular weight excluding hydrogens is 258 g/mol. The monoisotopic (exact) mass is 283 g/mol. The molecule has 20 heavy (non-hydrogen) atoms. The minimum atomic E-state index is -0.0779. The summed E-state index contributed by atoms with van der Waals surface area (Å²) in [6.45, 7) is 5.43. The Morgan fingerprint density at radius 3 is 2.55 bits per heavy atom. The maximum atomic E-state index is 12.4. The van der Waals surface area contributed by atoms with Gasteiger partial charge in [-0.1, -0.05) is 6.92 Å². The van der Waals surface area contributed by atoms with Crippen molar-refractivity contribution in [3.05, 3.63) is 0 Å². The summed E-state index contributed by atoms with van der Waals surface area (Å²) in [4.78, 5) is 25.8. The van der Waals surface area contributed by atoms with Crippen molar-refractivity contribution in [1.29, 1.82) is 0 Å².